The van der Waals surface area contributed by atoms with Crippen LogP contribution in [0.3, 0.4) is 0 Å². The molecule has 0 saturated heterocycles. The van der Waals surface area contributed by atoms with Gasteiger partial charge < -0.3 is 9.80 Å². The van der Waals surface area contributed by atoms with E-state index in [1.165, 1.54) is 0 Å². The molecule has 0 heterocycles. The molecule has 0 spiro atoms. The second-order valence-corrected chi connectivity index (χ2v) is 7.98. The van der Waals surface area contributed by atoms with Crippen LogP contribution >= 0.6 is 24.8 Å². The van der Waals surface area contributed by atoms with Crippen LogP contribution in [0.25, 0.3) is 21.5 Å². The second-order valence-electron chi connectivity index (χ2n) is 7.98. The molecule has 2 amide bonds. The van der Waals surface area contributed by atoms with Gasteiger partial charge in [0, 0.05) is 11.1 Å². The number of likely N-dealkylation sites (N-methyl/N-ethyl adjacent to an activating group) is 2. The molecular weight excluding hydrogens is 475 g/mol. The molecule has 34 heavy (non-hydrogen) atoms. The lowest BCUT2D eigenvalue weighted by molar-refractivity contribution is -0.122. The van der Waals surface area contributed by atoms with Crippen LogP contribution in [0.5, 0.6) is 0 Å². The Balaban J connectivity index is 0.00000289. The van der Waals surface area contributed by atoms with E-state index in [0.717, 1.165) is 32.7 Å². The largest absolute Gasteiger partial charge is 0.301 e. The zero-order chi connectivity index (χ0) is 23.1. The summed E-state index contributed by atoms with van der Waals surface area (Å²) in [5.41, 5.74) is 6.96. The third-order valence-electron chi connectivity index (χ3n) is 4.70. The van der Waals surface area contributed by atoms with Crippen LogP contribution in [0.2, 0.25) is 0 Å². The van der Waals surface area contributed by atoms with Crippen LogP contribution in [0.1, 0.15) is 11.1 Å². The molecule has 0 fully saturated rings. The fourth-order valence-corrected chi connectivity index (χ4v) is 3.46. The standard InChI is InChI=1S/C24H28N6O2.2ClH/c1-29(2)15-23(31)27-25-13-21-17-9-5-7-11-19(17)22(20-12-8-6-10-18(20)21)14-26-28-24(32)16-30(3)4;;/h5-14H,15-16H2,1-4H3,(H,27,31)(H,28,32);2*1H/b25-13+,26-14+;;. The number of carbonyl (C=O) groups is 2. The molecule has 3 aromatic rings. The van der Waals surface area contributed by atoms with E-state index in [-0.39, 0.29) is 49.7 Å². The first-order valence-corrected chi connectivity index (χ1v) is 10.2. The van der Waals surface area contributed by atoms with Gasteiger partial charge in [0.15, 0.2) is 0 Å². The highest BCUT2D eigenvalue weighted by molar-refractivity contribution is 6.21. The lowest BCUT2D eigenvalue weighted by Crippen LogP contribution is -2.30. The van der Waals surface area contributed by atoms with E-state index < -0.39 is 0 Å². The summed E-state index contributed by atoms with van der Waals surface area (Å²) in [5.74, 6) is -0.367. The van der Waals surface area contributed by atoms with Crippen LogP contribution in [0, 0.1) is 0 Å². The van der Waals surface area contributed by atoms with Gasteiger partial charge in [-0.3, -0.25) is 9.59 Å². The molecule has 0 aliphatic rings. The van der Waals surface area contributed by atoms with Crippen LogP contribution in [-0.2, 0) is 9.59 Å². The van der Waals surface area contributed by atoms with Gasteiger partial charge in [0.2, 0.25) is 0 Å². The Kier molecular flexibility index (Phi) is 11.6. The maximum absolute atomic E-state index is 11.9. The first-order chi connectivity index (χ1) is 15.4. The molecule has 0 aromatic heterocycles. The normalized spacial score (nSPS) is 11.2. The SMILES string of the molecule is CN(C)CC(=O)N/N=C/c1c2ccccc2c(/C=N/NC(=O)CN(C)C)c2ccccc12.Cl.Cl. The predicted octanol–water partition coefficient (Wildman–Crippen LogP) is 2.86. The quantitative estimate of drug-likeness (QED) is 0.280. The lowest BCUT2D eigenvalue weighted by atomic mass is 9.92. The molecule has 2 N–H and O–H groups in total. The van der Waals surface area contributed by atoms with E-state index in [9.17, 15) is 9.59 Å². The van der Waals surface area contributed by atoms with Crippen molar-refractivity contribution in [1.29, 1.82) is 0 Å². The molecule has 10 heteroatoms. The van der Waals surface area contributed by atoms with Gasteiger partial charge in [-0.2, -0.15) is 10.2 Å². The van der Waals surface area contributed by atoms with Gasteiger partial charge in [0.05, 0.1) is 25.5 Å². The number of nitrogens with one attached hydrogen (secondary N) is 2. The molecule has 182 valence electrons. The number of fused-ring (bicyclic) bond motifs is 2. The number of rotatable bonds is 8. The third kappa shape index (κ3) is 7.50. The number of amides is 2. The minimum Gasteiger partial charge on any atom is -0.301 e. The Morgan fingerprint density at radius 1 is 0.676 bits per heavy atom. The molecule has 0 aliphatic heterocycles. The molecule has 0 radical (unpaired) electrons. The Morgan fingerprint density at radius 2 is 0.971 bits per heavy atom. The zero-order valence-corrected chi connectivity index (χ0v) is 21.2. The number of nitrogens with zero attached hydrogens (tertiary/aromatic N) is 4. The van der Waals surface area contributed by atoms with E-state index in [1.54, 1.807) is 22.2 Å². The number of carbonyl (C=O) groups excluding carboxylic acids is 2. The Labute approximate surface area is 211 Å². The molecule has 0 bridgehead atoms. The first kappa shape index (κ1) is 29.0. The van der Waals surface area contributed by atoms with E-state index in [0.29, 0.717) is 0 Å². The summed E-state index contributed by atoms with van der Waals surface area (Å²) >= 11 is 0. The third-order valence-corrected chi connectivity index (χ3v) is 4.70. The van der Waals surface area contributed by atoms with E-state index in [2.05, 4.69) is 21.1 Å². The van der Waals surface area contributed by atoms with E-state index in [4.69, 9.17) is 0 Å². The fourth-order valence-electron chi connectivity index (χ4n) is 3.46. The number of benzene rings is 3. The maximum atomic E-state index is 11.9. The van der Waals surface area contributed by atoms with Crippen LogP contribution < -0.4 is 10.9 Å². The van der Waals surface area contributed by atoms with E-state index in [1.807, 2.05) is 76.7 Å². The Bertz CT molecular complexity index is 1050. The average Bonchev–Trinajstić information content (AvgIpc) is 2.74. The first-order valence-electron chi connectivity index (χ1n) is 10.2. The monoisotopic (exact) mass is 504 g/mol. The summed E-state index contributed by atoms with van der Waals surface area (Å²) in [6.07, 6.45) is 3.36. The Morgan fingerprint density at radius 3 is 1.24 bits per heavy atom. The summed E-state index contributed by atoms with van der Waals surface area (Å²) in [6, 6.07) is 15.9. The van der Waals surface area contributed by atoms with E-state index >= 15 is 0 Å². The van der Waals surface area contributed by atoms with Crippen molar-refractivity contribution < 1.29 is 9.59 Å². The number of hydrogen-bond donors (Lipinski definition) is 2. The van der Waals surface area contributed by atoms with Crippen molar-refractivity contribution in [2.24, 2.45) is 10.2 Å². The smallest absolute Gasteiger partial charge is 0.254 e. The maximum Gasteiger partial charge on any atom is 0.254 e. The molecule has 0 unspecified atom stereocenters. The summed E-state index contributed by atoms with van der Waals surface area (Å²) in [5, 5.41) is 12.3. The predicted molar refractivity (Wildman–Crippen MR) is 145 cm³/mol. The lowest BCUT2D eigenvalue weighted by Gasteiger charge is -2.12. The minimum atomic E-state index is -0.183. The van der Waals surface area contributed by atoms with Crippen molar-refractivity contribution in [1.82, 2.24) is 20.7 Å². The summed E-state index contributed by atoms with van der Waals surface area (Å²) < 4.78 is 0. The molecular formula is C24H30Cl2N6O2. The van der Waals surface area contributed by atoms with Gasteiger partial charge in [-0.25, -0.2) is 10.9 Å². The average molecular weight is 505 g/mol. The van der Waals surface area contributed by atoms with Gasteiger partial charge in [-0.15, -0.1) is 24.8 Å². The molecule has 0 atom stereocenters. The van der Waals surface area contributed by atoms with Crippen molar-refractivity contribution in [2.75, 3.05) is 41.3 Å². The van der Waals surface area contributed by atoms with Gasteiger partial charge in [0.25, 0.3) is 11.8 Å². The molecule has 3 rings (SSSR count). The molecule has 0 saturated carbocycles. The van der Waals surface area contributed by atoms with Crippen molar-refractivity contribution in [3.05, 3.63) is 59.7 Å². The van der Waals surface area contributed by atoms with Crippen molar-refractivity contribution >= 4 is 70.6 Å². The van der Waals surface area contributed by atoms with Crippen molar-refractivity contribution in [3.63, 3.8) is 0 Å². The number of hydrogen-bond acceptors (Lipinski definition) is 6. The topological polar surface area (TPSA) is 89.4 Å². The van der Waals surface area contributed by atoms with Crippen molar-refractivity contribution in [2.45, 2.75) is 0 Å². The Hall–Kier alpha value is -3.04. The summed E-state index contributed by atoms with van der Waals surface area (Å²) in [4.78, 5) is 27.4. The zero-order valence-electron chi connectivity index (χ0n) is 19.6. The molecule has 3 aromatic carbocycles. The molecule has 8 nitrogen and oxygen atoms in total. The summed E-state index contributed by atoms with van der Waals surface area (Å²) in [6.45, 7) is 0.515. The number of halogens is 2. The number of hydrazone groups is 2. The summed E-state index contributed by atoms with van der Waals surface area (Å²) in [7, 11) is 7.31. The minimum absolute atomic E-state index is 0. The van der Waals surface area contributed by atoms with Crippen LogP contribution in [0.15, 0.2) is 58.7 Å². The second kappa shape index (κ2) is 13.6. The van der Waals surface area contributed by atoms with Gasteiger partial charge >= 0.3 is 0 Å². The highest BCUT2D eigenvalue weighted by Crippen LogP contribution is 2.31. The van der Waals surface area contributed by atoms with Crippen molar-refractivity contribution in [3.8, 4) is 0 Å². The van der Waals surface area contributed by atoms with Gasteiger partial charge in [-0.1, -0.05) is 48.5 Å². The van der Waals surface area contributed by atoms with Gasteiger partial charge in [-0.05, 0) is 49.7 Å². The van der Waals surface area contributed by atoms with Gasteiger partial charge in [0.1, 0.15) is 0 Å². The highest BCUT2D eigenvalue weighted by atomic mass is 35.5. The highest BCUT2D eigenvalue weighted by Gasteiger charge is 2.12. The van der Waals surface area contributed by atoms with Crippen LogP contribution in [-0.4, -0.2) is 75.3 Å². The molecule has 0 aliphatic carbocycles. The van der Waals surface area contributed by atoms with Crippen LogP contribution in [0.4, 0.5) is 0 Å². The fraction of sp³-hybridized carbons (Fsp3) is 0.250.